The average molecular weight is 425 g/mol. The first kappa shape index (κ1) is 22.0. The second-order valence-corrected chi connectivity index (χ2v) is 8.64. The van der Waals surface area contributed by atoms with Gasteiger partial charge in [0.15, 0.2) is 0 Å². The number of rotatable bonds is 9. The zero-order valence-electron chi connectivity index (χ0n) is 16.2. The lowest BCUT2D eigenvalue weighted by atomic mass is 10.2. The summed E-state index contributed by atoms with van der Waals surface area (Å²) in [5, 5.41) is 3.30. The van der Waals surface area contributed by atoms with E-state index in [1.54, 1.807) is 49.4 Å². The highest BCUT2D eigenvalue weighted by Crippen LogP contribution is 2.28. The molecule has 8 heteroatoms. The number of carbonyl (C=O) groups excluding carboxylic acids is 1. The molecule has 0 aliphatic rings. The topological polar surface area (TPSA) is 75.7 Å². The summed E-state index contributed by atoms with van der Waals surface area (Å²) in [5.74, 6) is 0.557. The predicted octanol–water partition coefficient (Wildman–Crippen LogP) is 4.23. The molecule has 0 spiro atoms. The van der Waals surface area contributed by atoms with Crippen LogP contribution in [0.1, 0.15) is 25.3 Å². The fourth-order valence-corrected chi connectivity index (χ4v) is 3.92. The van der Waals surface area contributed by atoms with Crippen LogP contribution in [-0.2, 0) is 14.8 Å². The quantitative estimate of drug-likeness (QED) is 0.653. The van der Waals surface area contributed by atoms with Crippen LogP contribution in [0, 0.1) is 6.92 Å². The van der Waals surface area contributed by atoms with E-state index in [1.165, 1.54) is 4.31 Å². The highest BCUT2D eigenvalue weighted by Gasteiger charge is 2.20. The number of sulfonamides is 1. The zero-order chi connectivity index (χ0) is 20.7. The van der Waals surface area contributed by atoms with Crippen LogP contribution in [0.3, 0.4) is 0 Å². The molecule has 6 nitrogen and oxygen atoms in total. The number of amides is 1. The van der Waals surface area contributed by atoms with Gasteiger partial charge in [-0.3, -0.25) is 9.10 Å². The van der Waals surface area contributed by atoms with Crippen molar-refractivity contribution >= 4 is 38.9 Å². The molecule has 0 saturated carbocycles. The summed E-state index contributed by atoms with van der Waals surface area (Å²) >= 11 is 6.12. The van der Waals surface area contributed by atoms with Crippen LogP contribution in [0.25, 0.3) is 0 Å². The maximum Gasteiger partial charge on any atom is 0.232 e. The predicted molar refractivity (Wildman–Crippen MR) is 114 cm³/mol. The number of hydrogen-bond acceptors (Lipinski definition) is 4. The van der Waals surface area contributed by atoms with Gasteiger partial charge in [-0.25, -0.2) is 8.42 Å². The van der Waals surface area contributed by atoms with E-state index in [0.717, 1.165) is 12.0 Å². The maximum absolute atomic E-state index is 12.2. The number of anilines is 2. The second kappa shape index (κ2) is 9.80. The molecular weight excluding hydrogens is 400 g/mol. The van der Waals surface area contributed by atoms with Crippen molar-refractivity contribution in [3.8, 4) is 5.75 Å². The minimum atomic E-state index is -3.50. The number of ether oxygens (including phenoxy) is 1. The Hall–Kier alpha value is -2.25. The van der Waals surface area contributed by atoms with Crippen molar-refractivity contribution in [1.29, 1.82) is 0 Å². The Morgan fingerprint density at radius 3 is 2.46 bits per heavy atom. The number of benzene rings is 2. The molecule has 0 bridgehead atoms. The third-order valence-corrected chi connectivity index (χ3v) is 5.71. The zero-order valence-corrected chi connectivity index (χ0v) is 17.8. The lowest BCUT2D eigenvalue weighted by molar-refractivity contribution is -0.116. The van der Waals surface area contributed by atoms with Gasteiger partial charge in [0.25, 0.3) is 0 Å². The Labute approximate surface area is 171 Å². The van der Waals surface area contributed by atoms with Crippen molar-refractivity contribution in [2.45, 2.75) is 26.7 Å². The standard InChI is InChI=1S/C20H25ClN2O4S/c1-4-27-17-12-10-16(11-13-17)22-20(24)9-6-14-23(28(3,25)26)19-8-5-7-18(21)15(19)2/h5,7-8,10-13H,4,6,9,14H2,1-3H3,(H,22,24). The Morgan fingerprint density at radius 2 is 1.86 bits per heavy atom. The van der Waals surface area contributed by atoms with Crippen LogP contribution in [0.5, 0.6) is 5.75 Å². The molecule has 0 fully saturated rings. The van der Waals surface area contributed by atoms with Crippen molar-refractivity contribution < 1.29 is 17.9 Å². The molecule has 28 heavy (non-hydrogen) atoms. The van der Waals surface area contributed by atoms with E-state index >= 15 is 0 Å². The molecule has 0 aromatic heterocycles. The van der Waals surface area contributed by atoms with E-state index in [1.807, 2.05) is 6.92 Å². The lowest BCUT2D eigenvalue weighted by Crippen LogP contribution is -2.32. The van der Waals surface area contributed by atoms with Gasteiger partial charge in [-0.2, -0.15) is 0 Å². The van der Waals surface area contributed by atoms with Crippen molar-refractivity contribution in [3.05, 3.63) is 53.1 Å². The molecule has 0 atom stereocenters. The third-order valence-electron chi connectivity index (χ3n) is 4.12. The van der Waals surface area contributed by atoms with Gasteiger partial charge >= 0.3 is 0 Å². The molecule has 1 amide bonds. The number of carbonyl (C=O) groups is 1. The van der Waals surface area contributed by atoms with Crippen LogP contribution < -0.4 is 14.4 Å². The van der Waals surface area contributed by atoms with Crippen molar-refractivity contribution in [3.63, 3.8) is 0 Å². The number of hydrogen-bond donors (Lipinski definition) is 1. The highest BCUT2D eigenvalue weighted by molar-refractivity contribution is 7.92. The van der Waals surface area contributed by atoms with E-state index in [0.29, 0.717) is 35.0 Å². The first-order valence-electron chi connectivity index (χ1n) is 8.98. The molecule has 152 valence electrons. The summed E-state index contributed by atoms with van der Waals surface area (Å²) < 4.78 is 31.1. The Morgan fingerprint density at radius 1 is 1.18 bits per heavy atom. The third kappa shape index (κ3) is 6.14. The summed E-state index contributed by atoms with van der Waals surface area (Å²) in [7, 11) is -3.50. The van der Waals surface area contributed by atoms with Crippen LogP contribution in [-0.4, -0.2) is 33.7 Å². The lowest BCUT2D eigenvalue weighted by Gasteiger charge is -2.24. The monoisotopic (exact) mass is 424 g/mol. The largest absolute Gasteiger partial charge is 0.494 e. The molecule has 0 saturated heterocycles. The van der Waals surface area contributed by atoms with Crippen molar-refractivity contribution in [2.75, 3.05) is 29.0 Å². The van der Waals surface area contributed by atoms with Crippen LogP contribution in [0.4, 0.5) is 11.4 Å². The molecular formula is C20H25ClN2O4S. The van der Waals surface area contributed by atoms with Crippen LogP contribution >= 0.6 is 11.6 Å². The summed E-state index contributed by atoms with van der Waals surface area (Å²) in [6.45, 7) is 4.44. The van der Waals surface area contributed by atoms with Gasteiger partial charge in [0, 0.05) is 23.7 Å². The number of nitrogens with one attached hydrogen (secondary N) is 1. The SMILES string of the molecule is CCOc1ccc(NC(=O)CCCN(c2cccc(Cl)c2C)S(C)(=O)=O)cc1. The van der Waals surface area contributed by atoms with Gasteiger partial charge in [-0.1, -0.05) is 17.7 Å². The molecule has 1 N–H and O–H groups in total. The first-order valence-corrected chi connectivity index (χ1v) is 11.2. The minimum Gasteiger partial charge on any atom is -0.494 e. The summed E-state index contributed by atoms with van der Waals surface area (Å²) in [6.07, 6.45) is 1.72. The van der Waals surface area contributed by atoms with Gasteiger partial charge in [0.1, 0.15) is 5.75 Å². The maximum atomic E-state index is 12.2. The fourth-order valence-electron chi connectivity index (χ4n) is 2.74. The van der Waals surface area contributed by atoms with Gasteiger partial charge in [-0.15, -0.1) is 0 Å². The average Bonchev–Trinajstić information content (AvgIpc) is 2.62. The van der Waals surface area contributed by atoms with E-state index in [9.17, 15) is 13.2 Å². The van der Waals surface area contributed by atoms with E-state index in [-0.39, 0.29) is 18.9 Å². The summed E-state index contributed by atoms with van der Waals surface area (Å²) in [4.78, 5) is 12.2. The minimum absolute atomic E-state index is 0.180. The van der Waals surface area contributed by atoms with Gasteiger partial charge in [-0.05, 0) is 62.2 Å². The van der Waals surface area contributed by atoms with Gasteiger partial charge < -0.3 is 10.1 Å². The summed E-state index contributed by atoms with van der Waals surface area (Å²) in [5.41, 5.74) is 1.88. The molecule has 0 radical (unpaired) electrons. The fraction of sp³-hybridized carbons (Fsp3) is 0.350. The van der Waals surface area contributed by atoms with E-state index in [4.69, 9.17) is 16.3 Å². The van der Waals surface area contributed by atoms with Gasteiger partial charge in [0.05, 0.1) is 18.6 Å². The smallest absolute Gasteiger partial charge is 0.232 e. The normalized spacial score (nSPS) is 11.1. The molecule has 0 aliphatic carbocycles. The Balaban J connectivity index is 1.96. The Kier molecular flexibility index (Phi) is 7.71. The molecule has 2 rings (SSSR count). The highest BCUT2D eigenvalue weighted by atomic mass is 35.5. The van der Waals surface area contributed by atoms with Crippen LogP contribution in [0.15, 0.2) is 42.5 Å². The molecule has 2 aromatic carbocycles. The first-order chi connectivity index (χ1) is 13.2. The molecule has 0 unspecified atom stereocenters. The molecule has 2 aromatic rings. The summed E-state index contributed by atoms with van der Waals surface area (Å²) in [6, 6.07) is 12.2. The molecule has 0 aliphatic heterocycles. The number of halogens is 1. The van der Waals surface area contributed by atoms with Crippen molar-refractivity contribution in [1.82, 2.24) is 0 Å². The van der Waals surface area contributed by atoms with E-state index < -0.39 is 10.0 Å². The second-order valence-electron chi connectivity index (χ2n) is 6.33. The van der Waals surface area contributed by atoms with Crippen molar-refractivity contribution in [2.24, 2.45) is 0 Å². The van der Waals surface area contributed by atoms with E-state index in [2.05, 4.69) is 5.32 Å². The number of nitrogens with zero attached hydrogens (tertiary/aromatic N) is 1. The Bertz CT molecular complexity index is 914. The molecule has 0 heterocycles. The van der Waals surface area contributed by atoms with Crippen LogP contribution in [0.2, 0.25) is 5.02 Å². The van der Waals surface area contributed by atoms with Gasteiger partial charge in [0.2, 0.25) is 15.9 Å².